The Labute approximate surface area is 147 Å². The molecule has 1 saturated heterocycles. The maximum absolute atomic E-state index is 11.2. The SMILES string of the molecule is Cc1cc([C@@H]2CCCCN2CCC(N)=O)nc(-c2c(C)noc2C)n1. The third-order valence-electron chi connectivity index (χ3n) is 4.73. The first-order valence-electron chi connectivity index (χ1n) is 8.77. The van der Waals surface area contributed by atoms with Gasteiger partial charge < -0.3 is 10.3 Å². The summed E-state index contributed by atoms with van der Waals surface area (Å²) in [5.41, 5.74) is 8.90. The van der Waals surface area contributed by atoms with Crippen LogP contribution >= 0.6 is 0 Å². The predicted molar refractivity (Wildman–Crippen MR) is 93.7 cm³/mol. The molecule has 3 rings (SSSR count). The molecular weight excluding hydrogens is 318 g/mol. The van der Waals surface area contributed by atoms with E-state index in [1.807, 2.05) is 26.8 Å². The Hall–Kier alpha value is -2.28. The molecule has 0 aromatic carbocycles. The van der Waals surface area contributed by atoms with E-state index in [4.69, 9.17) is 15.2 Å². The molecule has 3 heterocycles. The van der Waals surface area contributed by atoms with Crippen LogP contribution in [0, 0.1) is 20.8 Å². The summed E-state index contributed by atoms with van der Waals surface area (Å²) < 4.78 is 5.27. The van der Waals surface area contributed by atoms with Gasteiger partial charge in [0.2, 0.25) is 5.91 Å². The number of carbonyl (C=O) groups excluding carboxylic acids is 1. The van der Waals surface area contributed by atoms with Crippen LogP contribution in [0.25, 0.3) is 11.4 Å². The van der Waals surface area contributed by atoms with Gasteiger partial charge in [0.15, 0.2) is 5.82 Å². The van der Waals surface area contributed by atoms with Crippen molar-refractivity contribution in [1.82, 2.24) is 20.0 Å². The molecule has 1 amide bonds. The van der Waals surface area contributed by atoms with Crippen molar-refractivity contribution in [1.29, 1.82) is 0 Å². The summed E-state index contributed by atoms with van der Waals surface area (Å²) in [5, 5.41) is 4.01. The van der Waals surface area contributed by atoms with Gasteiger partial charge in [-0.15, -0.1) is 0 Å². The Bertz CT molecular complexity index is 751. The third kappa shape index (κ3) is 3.87. The maximum Gasteiger partial charge on any atom is 0.218 e. The molecule has 0 bridgehead atoms. The van der Waals surface area contributed by atoms with Crippen LogP contribution in [0.15, 0.2) is 10.6 Å². The largest absolute Gasteiger partial charge is 0.370 e. The van der Waals surface area contributed by atoms with Gasteiger partial charge in [0, 0.05) is 18.7 Å². The second-order valence-corrected chi connectivity index (χ2v) is 6.72. The van der Waals surface area contributed by atoms with E-state index in [9.17, 15) is 4.79 Å². The fourth-order valence-electron chi connectivity index (χ4n) is 3.53. The molecule has 2 aromatic heterocycles. The molecule has 134 valence electrons. The summed E-state index contributed by atoms with van der Waals surface area (Å²) in [6.07, 6.45) is 3.69. The highest BCUT2D eigenvalue weighted by atomic mass is 16.5. The number of nitrogens with two attached hydrogens (primary N) is 1. The summed E-state index contributed by atoms with van der Waals surface area (Å²) in [6.45, 7) is 7.38. The molecule has 0 aliphatic carbocycles. The number of likely N-dealkylation sites (tertiary alicyclic amines) is 1. The highest BCUT2D eigenvalue weighted by molar-refractivity contribution is 5.73. The van der Waals surface area contributed by atoms with Gasteiger partial charge in [0.25, 0.3) is 0 Å². The second-order valence-electron chi connectivity index (χ2n) is 6.72. The average Bonchev–Trinajstić information content (AvgIpc) is 2.91. The third-order valence-corrected chi connectivity index (χ3v) is 4.73. The number of amides is 1. The number of rotatable bonds is 5. The molecule has 0 spiro atoms. The Balaban J connectivity index is 1.94. The quantitative estimate of drug-likeness (QED) is 0.895. The van der Waals surface area contributed by atoms with Crippen molar-refractivity contribution in [2.75, 3.05) is 13.1 Å². The molecule has 1 aliphatic rings. The number of piperidine rings is 1. The minimum absolute atomic E-state index is 0.189. The summed E-state index contributed by atoms with van der Waals surface area (Å²) in [6, 6.07) is 2.23. The van der Waals surface area contributed by atoms with Gasteiger partial charge in [0.05, 0.1) is 23.0 Å². The summed E-state index contributed by atoms with van der Waals surface area (Å²) >= 11 is 0. The van der Waals surface area contributed by atoms with Crippen molar-refractivity contribution in [2.24, 2.45) is 5.73 Å². The highest BCUT2D eigenvalue weighted by Crippen LogP contribution is 2.32. The van der Waals surface area contributed by atoms with E-state index in [1.54, 1.807) is 0 Å². The summed E-state index contributed by atoms with van der Waals surface area (Å²) in [5.74, 6) is 1.12. The zero-order valence-electron chi connectivity index (χ0n) is 15.1. The molecule has 1 aliphatic heterocycles. The zero-order chi connectivity index (χ0) is 18.0. The van der Waals surface area contributed by atoms with Crippen molar-refractivity contribution in [3.05, 3.63) is 28.9 Å². The molecule has 0 unspecified atom stereocenters. The van der Waals surface area contributed by atoms with Crippen LogP contribution in [0.5, 0.6) is 0 Å². The first-order chi connectivity index (χ1) is 12.0. The minimum atomic E-state index is -0.264. The van der Waals surface area contributed by atoms with E-state index in [0.717, 1.165) is 54.2 Å². The Morgan fingerprint density at radius 1 is 1.32 bits per heavy atom. The molecule has 25 heavy (non-hydrogen) atoms. The van der Waals surface area contributed by atoms with Gasteiger partial charge in [-0.3, -0.25) is 9.69 Å². The van der Waals surface area contributed by atoms with Gasteiger partial charge in [0.1, 0.15) is 5.76 Å². The molecule has 0 saturated carbocycles. The smallest absolute Gasteiger partial charge is 0.218 e. The van der Waals surface area contributed by atoms with Gasteiger partial charge in [-0.25, -0.2) is 9.97 Å². The van der Waals surface area contributed by atoms with E-state index < -0.39 is 0 Å². The lowest BCUT2D eigenvalue weighted by Crippen LogP contribution is -2.36. The van der Waals surface area contributed by atoms with Gasteiger partial charge >= 0.3 is 0 Å². The van der Waals surface area contributed by atoms with E-state index in [1.165, 1.54) is 0 Å². The number of hydrogen-bond donors (Lipinski definition) is 1. The molecule has 2 N–H and O–H groups in total. The number of carbonyl (C=O) groups is 1. The molecule has 7 nitrogen and oxygen atoms in total. The lowest BCUT2D eigenvalue weighted by molar-refractivity contribution is -0.118. The van der Waals surface area contributed by atoms with Crippen LogP contribution in [0.3, 0.4) is 0 Å². The maximum atomic E-state index is 11.2. The number of primary amides is 1. The molecule has 7 heteroatoms. The van der Waals surface area contributed by atoms with Crippen molar-refractivity contribution >= 4 is 5.91 Å². The average molecular weight is 343 g/mol. The van der Waals surface area contributed by atoms with Crippen molar-refractivity contribution in [3.63, 3.8) is 0 Å². The molecule has 1 fully saturated rings. The Morgan fingerprint density at radius 2 is 2.12 bits per heavy atom. The normalized spacial score (nSPS) is 18.4. The monoisotopic (exact) mass is 343 g/mol. The molecule has 0 radical (unpaired) electrons. The molecule has 2 aromatic rings. The predicted octanol–water partition coefficient (Wildman–Crippen LogP) is 2.46. The lowest BCUT2D eigenvalue weighted by atomic mass is 9.98. The van der Waals surface area contributed by atoms with Gasteiger partial charge in [-0.05, 0) is 46.2 Å². The van der Waals surface area contributed by atoms with Gasteiger partial charge in [-0.2, -0.15) is 0 Å². The number of aromatic nitrogens is 3. The first-order valence-corrected chi connectivity index (χ1v) is 8.77. The zero-order valence-corrected chi connectivity index (χ0v) is 15.1. The standard InChI is InChI=1S/C18H25N5O2/c1-11-10-14(15-6-4-5-8-23(15)9-7-16(19)24)21-18(20-11)17-12(2)22-25-13(17)3/h10,15H,4-9H2,1-3H3,(H2,19,24)/t15-/m0/s1. The number of hydrogen-bond acceptors (Lipinski definition) is 6. The van der Waals surface area contributed by atoms with E-state index in [2.05, 4.69) is 15.0 Å². The summed E-state index contributed by atoms with van der Waals surface area (Å²) in [4.78, 5) is 22.9. The van der Waals surface area contributed by atoms with Gasteiger partial charge in [-0.1, -0.05) is 11.6 Å². The van der Waals surface area contributed by atoms with E-state index in [0.29, 0.717) is 18.8 Å². The second kappa shape index (κ2) is 7.31. The van der Waals surface area contributed by atoms with Crippen LogP contribution in [0.1, 0.15) is 54.6 Å². The fourth-order valence-corrected chi connectivity index (χ4v) is 3.53. The van der Waals surface area contributed by atoms with Crippen LogP contribution < -0.4 is 5.73 Å². The van der Waals surface area contributed by atoms with E-state index in [-0.39, 0.29) is 11.9 Å². The number of nitrogens with zero attached hydrogens (tertiary/aromatic N) is 4. The van der Waals surface area contributed by atoms with Crippen molar-refractivity contribution in [3.8, 4) is 11.4 Å². The minimum Gasteiger partial charge on any atom is -0.370 e. The van der Waals surface area contributed by atoms with E-state index >= 15 is 0 Å². The molecular formula is C18H25N5O2. The van der Waals surface area contributed by atoms with Crippen molar-refractivity contribution < 1.29 is 9.32 Å². The Kier molecular flexibility index (Phi) is 5.13. The molecule has 1 atom stereocenters. The fraction of sp³-hybridized carbons (Fsp3) is 0.556. The van der Waals surface area contributed by atoms with Crippen LogP contribution in [-0.2, 0) is 4.79 Å². The van der Waals surface area contributed by atoms with Crippen LogP contribution in [0.4, 0.5) is 0 Å². The highest BCUT2D eigenvalue weighted by Gasteiger charge is 2.26. The lowest BCUT2D eigenvalue weighted by Gasteiger charge is -2.35. The first kappa shape index (κ1) is 17.5. The van der Waals surface area contributed by atoms with Crippen molar-refractivity contribution in [2.45, 2.75) is 52.5 Å². The van der Waals surface area contributed by atoms with Crippen LogP contribution in [0.2, 0.25) is 0 Å². The Morgan fingerprint density at radius 3 is 2.80 bits per heavy atom. The van der Waals surface area contributed by atoms with Crippen LogP contribution in [-0.4, -0.2) is 39.0 Å². The topological polar surface area (TPSA) is 98.1 Å². The summed E-state index contributed by atoms with van der Waals surface area (Å²) in [7, 11) is 0. The number of aryl methyl sites for hydroxylation is 3.